The Balaban J connectivity index is 2.39. The molecular weight excluding hydrogens is 186 g/mol. The molecule has 0 aromatic carbocycles. The lowest BCUT2D eigenvalue weighted by molar-refractivity contribution is -0.117. The summed E-state index contributed by atoms with van der Waals surface area (Å²) in [6.07, 6.45) is 4.45. The quantitative estimate of drug-likeness (QED) is 0.715. The van der Waals surface area contributed by atoms with Crippen molar-refractivity contribution in [2.24, 2.45) is 5.92 Å². The average Bonchev–Trinajstić information content (AvgIpc) is 2.14. The lowest BCUT2D eigenvalue weighted by Crippen LogP contribution is -2.47. The van der Waals surface area contributed by atoms with E-state index in [9.17, 15) is 4.79 Å². The molecule has 1 fully saturated rings. The molecule has 0 radical (unpaired) electrons. The van der Waals surface area contributed by atoms with Crippen molar-refractivity contribution in [1.82, 2.24) is 4.90 Å². The Morgan fingerprint density at radius 1 is 1.40 bits per heavy atom. The molecule has 0 N–H and O–H groups in total. The Bertz CT molecular complexity index is 217. The second-order valence-corrected chi connectivity index (χ2v) is 5.87. The van der Waals surface area contributed by atoms with Crippen LogP contribution < -0.4 is 0 Å². The number of hydrogen-bond donors (Lipinski definition) is 0. The number of carbonyl (C=O) groups is 1. The minimum Gasteiger partial charge on any atom is -0.300 e. The van der Waals surface area contributed by atoms with Crippen LogP contribution in [0, 0.1) is 5.92 Å². The average molecular weight is 211 g/mol. The van der Waals surface area contributed by atoms with Gasteiger partial charge in [0.1, 0.15) is 5.78 Å². The number of nitrogens with zero attached hydrogens (tertiary/aromatic N) is 1. The van der Waals surface area contributed by atoms with Gasteiger partial charge >= 0.3 is 0 Å². The molecule has 88 valence electrons. The van der Waals surface area contributed by atoms with E-state index in [2.05, 4.69) is 25.7 Å². The standard InChI is InChI=1S/C13H25NO/c1-11(15)7-8-12-6-5-9-14(10-12)13(2,3)4/h12H,5-10H2,1-4H3. The van der Waals surface area contributed by atoms with Crippen LogP contribution in [0.15, 0.2) is 0 Å². The van der Waals surface area contributed by atoms with Gasteiger partial charge in [-0.3, -0.25) is 4.90 Å². The van der Waals surface area contributed by atoms with Crippen LogP contribution in [-0.2, 0) is 4.79 Å². The molecule has 1 rings (SSSR count). The molecule has 2 heteroatoms. The van der Waals surface area contributed by atoms with Gasteiger partial charge in [-0.1, -0.05) is 0 Å². The summed E-state index contributed by atoms with van der Waals surface area (Å²) in [7, 11) is 0. The minimum atomic E-state index is 0.287. The van der Waals surface area contributed by atoms with Gasteiger partial charge in [-0.25, -0.2) is 0 Å². The summed E-state index contributed by atoms with van der Waals surface area (Å²) in [5, 5.41) is 0. The Morgan fingerprint density at radius 3 is 2.60 bits per heavy atom. The number of Topliss-reactive ketones (excluding diaryl/α,β-unsaturated/α-hetero) is 1. The van der Waals surface area contributed by atoms with Gasteiger partial charge in [-0.2, -0.15) is 0 Å². The van der Waals surface area contributed by atoms with Crippen LogP contribution in [0.3, 0.4) is 0 Å². The Labute approximate surface area is 94.0 Å². The van der Waals surface area contributed by atoms with Crippen molar-refractivity contribution in [1.29, 1.82) is 0 Å². The van der Waals surface area contributed by atoms with Crippen LogP contribution in [0.2, 0.25) is 0 Å². The molecule has 0 amide bonds. The SMILES string of the molecule is CC(=O)CCC1CCCN(C(C)(C)C)C1. The topological polar surface area (TPSA) is 20.3 Å². The van der Waals surface area contributed by atoms with Gasteiger partial charge < -0.3 is 4.79 Å². The van der Waals surface area contributed by atoms with Crippen LogP contribution >= 0.6 is 0 Å². The molecule has 1 heterocycles. The van der Waals surface area contributed by atoms with Gasteiger partial charge in [0, 0.05) is 18.5 Å². The van der Waals surface area contributed by atoms with Gasteiger partial charge in [-0.05, 0) is 59.4 Å². The van der Waals surface area contributed by atoms with Gasteiger partial charge in [0.2, 0.25) is 0 Å². The minimum absolute atomic E-state index is 0.287. The Morgan fingerprint density at radius 2 is 2.07 bits per heavy atom. The van der Waals surface area contributed by atoms with Crippen molar-refractivity contribution in [2.45, 2.75) is 58.9 Å². The fourth-order valence-electron chi connectivity index (χ4n) is 2.32. The maximum absolute atomic E-state index is 11.0. The molecular formula is C13H25NO. The number of ketones is 1. The number of piperidine rings is 1. The molecule has 0 aromatic rings. The van der Waals surface area contributed by atoms with Crippen LogP contribution in [0.25, 0.3) is 0 Å². The predicted octanol–water partition coefficient (Wildman–Crippen LogP) is 2.87. The first-order valence-corrected chi connectivity index (χ1v) is 6.14. The fourth-order valence-corrected chi connectivity index (χ4v) is 2.32. The van der Waals surface area contributed by atoms with E-state index >= 15 is 0 Å². The van der Waals surface area contributed by atoms with Gasteiger partial charge in [0.15, 0.2) is 0 Å². The van der Waals surface area contributed by atoms with E-state index in [4.69, 9.17) is 0 Å². The Hall–Kier alpha value is -0.370. The third kappa shape index (κ3) is 4.33. The summed E-state index contributed by atoms with van der Waals surface area (Å²) < 4.78 is 0. The molecule has 1 atom stereocenters. The highest BCUT2D eigenvalue weighted by Gasteiger charge is 2.27. The summed E-state index contributed by atoms with van der Waals surface area (Å²) in [5.41, 5.74) is 0.287. The van der Waals surface area contributed by atoms with Crippen LogP contribution in [-0.4, -0.2) is 29.3 Å². The van der Waals surface area contributed by atoms with Crippen molar-refractivity contribution >= 4 is 5.78 Å². The maximum atomic E-state index is 11.0. The molecule has 1 unspecified atom stereocenters. The number of hydrogen-bond acceptors (Lipinski definition) is 2. The van der Waals surface area contributed by atoms with E-state index in [0.29, 0.717) is 5.78 Å². The summed E-state index contributed by atoms with van der Waals surface area (Å²) in [5.74, 6) is 1.07. The second-order valence-electron chi connectivity index (χ2n) is 5.87. The van der Waals surface area contributed by atoms with Gasteiger partial charge in [-0.15, -0.1) is 0 Å². The predicted molar refractivity (Wildman–Crippen MR) is 64.0 cm³/mol. The molecule has 1 aliphatic heterocycles. The van der Waals surface area contributed by atoms with E-state index in [1.165, 1.54) is 25.9 Å². The van der Waals surface area contributed by atoms with E-state index in [1.54, 1.807) is 6.92 Å². The van der Waals surface area contributed by atoms with Crippen LogP contribution in [0.4, 0.5) is 0 Å². The van der Waals surface area contributed by atoms with E-state index in [-0.39, 0.29) is 5.54 Å². The van der Waals surface area contributed by atoms with Crippen LogP contribution in [0.1, 0.15) is 53.4 Å². The molecule has 1 aliphatic rings. The van der Waals surface area contributed by atoms with Crippen molar-refractivity contribution < 1.29 is 4.79 Å². The third-order valence-electron chi connectivity index (χ3n) is 3.37. The third-order valence-corrected chi connectivity index (χ3v) is 3.37. The zero-order valence-electron chi connectivity index (χ0n) is 10.7. The van der Waals surface area contributed by atoms with Crippen molar-refractivity contribution in [3.8, 4) is 0 Å². The number of carbonyl (C=O) groups excluding carboxylic acids is 1. The maximum Gasteiger partial charge on any atom is 0.129 e. The summed E-state index contributed by atoms with van der Waals surface area (Å²) in [6.45, 7) is 10.9. The van der Waals surface area contributed by atoms with Gasteiger partial charge in [0.25, 0.3) is 0 Å². The lowest BCUT2D eigenvalue weighted by Gasteiger charge is -2.41. The highest BCUT2D eigenvalue weighted by Crippen LogP contribution is 2.26. The Kier molecular flexibility index (Phi) is 4.32. The molecule has 15 heavy (non-hydrogen) atoms. The summed E-state index contributed by atoms with van der Waals surface area (Å²) >= 11 is 0. The highest BCUT2D eigenvalue weighted by molar-refractivity contribution is 5.75. The lowest BCUT2D eigenvalue weighted by atomic mass is 9.90. The molecule has 0 saturated carbocycles. The van der Waals surface area contributed by atoms with Crippen molar-refractivity contribution in [2.75, 3.05) is 13.1 Å². The fraction of sp³-hybridized carbons (Fsp3) is 0.923. The molecule has 2 nitrogen and oxygen atoms in total. The summed E-state index contributed by atoms with van der Waals surface area (Å²) in [4.78, 5) is 13.5. The summed E-state index contributed by atoms with van der Waals surface area (Å²) in [6, 6.07) is 0. The zero-order valence-corrected chi connectivity index (χ0v) is 10.7. The van der Waals surface area contributed by atoms with Crippen LogP contribution in [0.5, 0.6) is 0 Å². The zero-order chi connectivity index (χ0) is 11.5. The monoisotopic (exact) mass is 211 g/mol. The first-order valence-electron chi connectivity index (χ1n) is 6.14. The highest BCUT2D eigenvalue weighted by atomic mass is 16.1. The molecule has 0 aromatic heterocycles. The van der Waals surface area contributed by atoms with E-state index in [1.807, 2.05) is 0 Å². The molecule has 0 spiro atoms. The van der Waals surface area contributed by atoms with Crippen molar-refractivity contribution in [3.05, 3.63) is 0 Å². The number of likely N-dealkylation sites (tertiary alicyclic amines) is 1. The van der Waals surface area contributed by atoms with Crippen molar-refractivity contribution in [3.63, 3.8) is 0 Å². The molecule has 1 saturated heterocycles. The normalized spacial score (nSPS) is 24.1. The second kappa shape index (κ2) is 5.11. The first-order chi connectivity index (χ1) is 6.89. The van der Waals surface area contributed by atoms with Gasteiger partial charge in [0.05, 0.1) is 0 Å². The largest absolute Gasteiger partial charge is 0.300 e. The molecule has 0 bridgehead atoms. The van der Waals surface area contributed by atoms with E-state index < -0.39 is 0 Å². The molecule has 0 aliphatic carbocycles. The van der Waals surface area contributed by atoms with E-state index in [0.717, 1.165) is 18.8 Å². The first kappa shape index (κ1) is 12.7. The smallest absolute Gasteiger partial charge is 0.129 e. The number of rotatable bonds is 3.